The van der Waals surface area contributed by atoms with Gasteiger partial charge in [-0.15, -0.1) is 12.4 Å². The fourth-order valence-electron chi connectivity index (χ4n) is 3.55. The van der Waals surface area contributed by atoms with Crippen LogP contribution in [0.25, 0.3) is 0 Å². The number of benzene rings is 2. The molecule has 0 spiro atoms. The van der Waals surface area contributed by atoms with Crippen molar-refractivity contribution in [1.29, 1.82) is 0 Å². The molecule has 8 heteroatoms. The number of carbonyl (C=O) groups is 1. The van der Waals surface area contributed by atoms with Crippen molar-refractivity contribution < 1.29 is 22.7 Å². The summed E-state index contributed by atoms with van der Waals surface area (Å²) in [5, 5.41) is 6.19. The van der Waals surface area contributed by atoms with Gasteiger partial charge in [0.1, 0.15) is 0 Å². The van der Waals surface area contributed by atoms with E-state index < -0.39 is 17.5 Å². The van der Waals surface area contributed by atoms with Crippen LogP contribution < -0.4 is 15.4 Å². The lowest BCUT2D eigenvalue weighted by Crippen LogP contribution is -2.50. The minimum absolute atomic E-state index is 0. The summed E-state index contributed by atoms with van der Waals surface area (Å²) < 4.78 is 45.5. The van der Waals surface area contributed by atoms with Crippen LogP contribution in [0.3, 0.4) is 0 Å². The molecule has 1 aliphatic heterocycles. The lowest BCUT2D eigenvalue weighted by atomic mass is 9.86. The maximum Gasteiger partial charge on any atom is 0.220 e. The van der Waals surface area contributed by atoms with Gasteiger partial charge in [0.15, 0.2) is 23.2 Å². The molecule has 2 aromatic carbocycles. The fourth-order valence-corrected chi connectivity index (χ4v) is 3.55. The number of carbonyl (C=O) groups excluding carboxylic acids is 1. The van der Waals surface area contributed by atoms with E-state index in [1.165, 1.54) is 25.3 Å². The van der Waals surface area contributed by atoms with Crippen molar-refractivity contribution in [3.05, 3.63) is 65.0 Å². The minimum atomic E-state index is -0.886. The second kappa shape index (κ2) is 10.5. The Morgan fingerprint density at radius 3 is 2.62 bits per heavy atom. The molecule has 2 N–H and O–H groups in total. The van der Waals surface area contributed by atoms with Gasteiger partial charge in [0.25, 0.3) is 0 Å². The first-order valence-corrected chi connectivity index (χ1v) is 9.25. The van der Waals surface area contributed by atoms with Crippen molar-refractivity contribution in [1.82, 2.24) is 10.6 Å². The largest absolute Gasteiger partial charge is 0.494 e. The first-order chi connectivity index (χ1) is 13.5. The topological polar surface area (TPSA) is 50.4 Å². The number of rotatable bonds is 6. The van der Waals surface area contributed by atoms with E-state index in [9.17, 15) is 18.0 Å². The molecular formula is C21H24ClF3N2O2. The fraction of sp³-hybridized carbons (Fsp3) is 0.381. The van der Waals surface area contributed by atoms with Gasteiger partial charge in [0.2, 0.25) is 5.91 Å². The summed E-state index contributed by atoms with van der Waals surface area (Å²) in [6.07, 6.45) is 1.30. The molecule has 1 saturated heterocycles. The summed E-state index contributed by atoms with van der Waals surface area (Å²) in [5.41, 5.74) is 1.37. The number of methoxy groups -OCH3 is 1. The Bertz CT molecular complexity index is 851. The lowest BCUT2D eigenvalue weighted by molar-refractivity contribution is -0.122. The van der Waals surface area contributed by atoms with Gasteiger partial charge in [-0.1, -0.05) is 12.1 Å². The van der Waals surface area contributed by atoms with Crippen molar-refractivity contribution in [2.75, 3.05) is 20.2 Å². The van der Waals surface area contributed by atoms with Gasteiger partial charge in [-0.3, -0.25) is 4.79 Å². The van der Waals surface area contributed by atoms with E-state index in [2.05, 4.69) is 10.6 Å². The number of piperidine rings is 1. The number of ether oxygens (including phenoxy) is 1. The van der Waals surface area contributed by atoms with Crippen molar-refractivity contribution in [3.8, 4) is 5.75 Å². The molecule has 0 bridgehead atoms. The van der Waals surface area contributed by atoms with E-state index in [1.807, 2.05) is 0 Å². The second-order valence-corrected chi connectivity index (χ2v) is 6.92. The highest BCUT2D eigenvalue weighted by atomic mass is 35.5. The van der Waals surface area contributed by atoms with Crippen LogP contribution >= 0.6 is 12.4 Å². The van der Waals surface area contributed by atoms with E-state index in [0.717, 1.165) is 12.6 Å². The number of aryl methyl sites for hydroxylation is 1. The molecule has 1 aliphatic rings. The predicted octanol–water partition coefficient (Wildman–Crippen LogP) is 3.73. The molecule has 1 fully saturated rings. The van der Waals surface area contributed by atoms with Crippen molar-refractivity contribution in [3.63, 3.8) is 0 Å². The average molecular weight is 429 g/mol. The minimum Gasteiger partial charge on any atom is -0.494 e. The first kappa shape index (κ1) is 23.0. The van der Waals surface area contributed by atoms with Crippen molar-refractivity contribution >= 4 is 18.3 Å². The maximum absolute atomic E-state index is 13.8. The third-order valence-electron chi connectivity index (χ3n) is 5.06. The van der Waals surface area contributed by atoms with Crippen LogP contribution in [0, 0.1) is 17.5 Å². The van der Waals surface area contributed by atoms with Crippen LogP contribution in [-0.4, -0.2) is 32.1 Å². The summed E-state index contributed by atoms with van der Waals surface area (Å²) in [7, 11) is 1.40. The van der Waals surface area contributed by atoms with Gasteiger partial charge in [-0.05, 0) is 54.8 Å². The summed E-state index contributed by atoms with van der Waals surface area (Å²) in [6, 6.07) is 8.27. The first-order valence-electron chi connectivity index (χ1n) is 9.25. The van der Waals surface area contributed by atoms with Gasteiger partial charge >= 0.3 is 0 Å². The molecule has 3 rings (SSSR count). The Morgan fingerprint density at radius 1 is 1.14 bits per heavy atom. The van der Waals surface area contributed by atoms with Gasteiger partial charge in [0, 0.05) is 24.9 Å². The van der Waals surface area contributed by atoms with Crippen LogP contribution in [-0.2, 0) is 11.2 Å². The maximum atomic E-state index is 13.8. The van der Waals surface area contributed by atoms with E-state index in [1.54, 1.807) is 12.1 Å². The number of nitrogens with one attached hydrogen (secondary N) is 2. The van der Waals surface area contributed by atoms with Crippen LogP contribution in [0.5, 0.6) is 5.75 Å². The monoisotopic (exact) mass is 428 g/mol. The van der Waals surface area contributed by atoms with Crippen molar-refractivity contribution in [2.45, 2.75) is 31.2 Å². The average Bonchev–Trinajstić information content (AvgIpc) is 2.69. The van der Waals surface area contributed by atoms with Gasteiger partial charge in [0.05, 0.1) is 7.11 Å². The van der Waals surface area contributed by atoms with E-state index >= 15 is 0 Å². The van der Waals surface area contributed by atoms with E-state index in [0.29, 0.717) is 30.5 Å². The molecule has 2 unspecified atom stereocenters. The number of halogens is 4. The van der Waals surface area contributed by atoms with Gasteiger partial charge in [-0.2, -0.15) is 0 Å². The standard InChI is InChI=1S/C21H23F3N2O2.ClH/c1-28-20-6-2-13(10-18(20)24)3-7-21(27)26-19-12-25-9-8-15(19)14-4-5-16(22)17(23)11-14;/h2,4-6,10-11,15,19,25H,3,7-9,12H2,1H3,(H,26,27);1H. The zero-order valence-electron chi connectivity index (χ0n) is 16.0. The van der Waals surface area contributed by atoms with Gasteiger partial charge in [-0.25, -0.2) is 13.2 Å². The number of amides is 1. The molecule has 0 saturated carbocycles. The third kappa shape index (κ3) is 5.87. The van der Waals surface area contributed by atoms with Crippen molar-refractivity contribution in [2.24, 2.45) is 0 Å². The Balaban J connectivity index is 0.00000300. The molecule has 158 valence electrons. The third-order valence-corrected chi connectivity index (χ3v) is 5.06. The number of hydrogen-bond donors (Lipinski definition) is 2. The molecule has 0 aromatic heterocycles. The summed E-state index contributed by atoms with van der Waals surface area (Å²) in [5.74, 6) is -2.34. The van der Waals surface area contributed by atoms with Crippen LogP contribution in [0.1, 0.15) is 29.9 Å². The molecule has 1 heterocycles. The summed E-state index contributed by atoms with van der Waals surface area (Å²) >= 11 is 0. The smallest absolute Gasteiger partial charge is 0.220 e. The SMILES string of the molecule is COc1ccc(CCC(=O)NC2CNCCC2c2ccc(F)c(F)c2)cc1F.Cl. The molecule has 0 radical (unpaired) electrons. The zero-order valence-corrected chi connectivity index (χ0v) is 16.8. The molecule has 0 aliphatic carbocycles. The summed E-state index contributed by atoms with van der Waals surface area (Å²) in [6.45, 7) is 1.29. The highest BCUT2D eigenvalue weighted by Gasteiger charge is 2.28. The molecule has 2 atom stereocenters. The zero-order chi connectivity index (χ0) is 20.1. The number of hydrogen-bond acceptors (Lipinski definition) is 3. The van der Waals surface area contributed by atoms with E-state index in [-0.39, 0.29) is 42.4 Å². The lowest BCUT2D eigenvalue weighted by Gasteiger charge is -2.33. The molecule has 29 heavy (non-hydrogen) atoms. The van der Waals surface area contributed by atoms with Gasteiger partial charge < -0.3 is 15.4 Å². The molecule has 2 aromatic rings. The predicted molar refractivity (Wildman–Crippen MR) is 107 cm³/mol. The van der Waals surface area contributed by atoms with Crippen LogP contribution in [0.15, 0.2) is 36.4 Å². The molecule has 4 nitrogen and oxygen atoms in total. The second-order valence-electron chi connectivity index (χ2n) is 6.92. The highest BCUT2D eigenvalue weighted by molar-refractivity contribution is 5.85. The molecule has 1 amide bonds. The Hall–Kier alpha value is -2.25. The highest BCUT2D eigenvalue weighted by Crippen LogP contribution is 2.27. The summed E-state index contributed by atoms with van der Waals surface area (Å²) in [4.78, 5) is 12.4. The normalized spacial score (nSPS) is 18.6. The Kier molecular flexibility index (Phi) is 8.34. The van der Waals surface area contributed by atoms with E-state index in [4.69, 9.17) is 4.74 Å². The molecular weight excluding hydrogens is 405 g/mol. The van der Waals surface area contributed by atoms with Crippen LogP contribution in [0.2, 0.25) is 0 Å². The quantitative estimate of drug-likeness (QED) is 0.737. The van der Waals surface area contributed by atoms with Crippen LogP contribution in [0.4, 0.5) is 13.2 Å². The Labute approximate surface area is 174 Å². The Morgan fingerprint density at radius 2 is 1.93 bits per heavy atom.